The number of hydrogen-bond donors (Lipinski definition) is 1. The molecule has 0 aromatic heterocycles. The predicted molar refractivity (Wildman–Crippen MR) is 86.9 cm³/mol. The van der Waals surface area contributed by atoms with Gasteiger partial charge in [-0.25, -0.2) is 9.69 Å². The second kappa shape index (κ2) is 4.55. The average Bonchev–Trinajstić information content (AvgIpc) is 3.26. The zero-order valence-corrected chi connectivity index (χ0v) is 13.3. The molecule has 124 valence electrons. The number of nitrogens with one attached hydrogen (secondary N) is 1. The summed E-state index contributed by atoms with van der Waals surface area (Å²) in [6, 6.07) is 7.72. The highest BCUT2D eigenvalue weighted by atomic mass is 16.7. The summed E-state index contributed by atoms with van der Waals surface area (Å²) in [5, 5.41) is 0. The van der Waals surface area contributed by atoms with E-state index in [9.17, 15) is 4.79 Å². The van der Waals surface area contributed by atoms with Crippen molar-refractivity contribution in [3.05, 3.63) is 46.5 Å². The van der Waals surface area contributed by atoms with E-state index in [1.54, 1.807) is 6.07 Å². The van der Waals surface area contributed by atoms with Gasteiger partial charge in [-0.2, -0.15) is 0 Å². The van der Waals surface area contributed by atoms with Gasteiger partial charge in [0.25, 0.3) is 0 Å². The Morgan fingerprint density at radius 3 is 2.20 bits per heavy atom. The van der Waals surface area contributed by atoms with Crippen LogP contribution >= 0.6 is 0 Å². The van der Waals surface area contributed by atoms with Crippen LogP contribution < -0.4 is 23.8 Å². The fourth-order valence-corrected chi connectivity index (χ4v) is 3.99. The maximum Gasteiger partial charge on any atom is 0.350 e. The van der Waals surface area contributed by atoms with Crippen molar-refractivity contribution < 1.29 is 28.6 Å². The highest BCUT2D eigenvalue weighted by Crippen LogP contribution is 2.40. The van der Waals surface area contributed by atoms with Crippen LogP contribution in [0.15, 0.2) is 24.3 Å². The molecule has 0 radical (unpaired) electrons. The number of carbonyl (C=O) groups is 1. The lowest BCUT2D eigenvalue weighted by Gasteiger charge is -2.29. The summed E-state index contributed by atoms with van der Waals surface area (Å²) < 4.78 is 21.9. The Balaban J connectivity index is 1.56. The van der Waals surface area contributed by atoms with Crippen LogP contribution in [0, 0.1) is 0 Å². The van der Waals surface area contributed by atoms with Gasteiger partial charge in [0.2, 0.25) is 13.6 Å². The summed E-state index contributed by atoms with van der Waals surface area (Å²) in [5.41, 5.74) is 4.79. The molecule has 0 fully saturated rings. The molecule has 25 heavy (non-hydrogen) atoms. The smallest absolute Gasteiger partial charge is 0.350 e. The fourth-order valence-electron chi connectivity index (χ4n) is 3.99. The fraction of sp³-hybridized carbons (Fsp3) is 0.211. The van der Waals surface area contributed by atoms with E-state index in [2.05, 4.69) is 6.08 Å². The molecule has 4 aliphatic rings. The molecule has 4 heterocycles. The lowest BCUT2D eigenvalue weighted by atomic mass is 9.90. The van der Waals surface area contributed by atoms with Gasteiger partial charge in [0, 0.05) is 29.7 Å². The van der Waals surface area contributed by atoms with Gasteiger partial charge in [-0.1, -0.05) is 0 Å². The normalized spacial score (nSPS) is 21.4. The van der Waals surface area contributed by atoms with Crippen molar-refractivity contribution in [2.24, 2.45) is 0 Å². The monoisotopic (exact) mass is 336 g/mol. The number of quaternary nitrogens is 1. The van der Waals surface area contributed by atoms with Crippen molar-refractivity contribution in [1.29, 1.82) is 0 Å². The van der Waals surface area contributed by atoms with E-state index in [1.807, 2.05) is 18.2 Å². The van der Waals surface area contributed by atoms with Crippen LogP contribution in [-0.4, -0.2) is 26.0 Å². The van der Waals surface area contributed by atoms with Gasteiger partial charge in [0.15, 0.2) is 23.0 Å². The molecular formula is C19H14NO5+. The molecule has 1 atom stereocenters. The first-order valence-electron chi connectivity index (χ1n) is 8.27. The van der Waals surface area contributed by atoms with Gasteiger partial charge in [0.05, 0.1) is 12.1 Å². The van der Waals surface area contributed by atoms with Crippen LogP contribution in [0.4, 0.5) is 0 Å². The Hall–Kier alpha value is -2.99. The standard InChI is InChI=1S/C19H13NO5/c21-19-13-7-18-16(23-9-25-18)5-11(13)3-14-12-6-17-15(22-8-24-17)4-10(12)1-2-20(14)19/h3-7H,1-2,8-9H2/p+1. The van der Waals surface area contributed by atoms with Crippen molar-refractivity contribution >= 4 is 17.7 Å². The third-order valence-electron chi connectivity index (χ3n) is 5.22. The second-order valence-electron chi connectivity index (χ2n) is 6.52. The van der Waals surface area contributed by atoms with Crippen LogP contribution in [0.1, 0.15) is 27.0 Å². The molecule has 2 aromatic carbocycles. The van der Waals surface area contributed by atoms with Crippen molar-refractivity contribution in [2.45, 2.75) is 6.42 Å². The summed E-state index contributed by atoms with van der Waals surface area (Å²) in [4.78, 5) is 13.9. The molecule has 1 N–H and O–H groups in total. The third-order valence-corrected chi connectivity index (χ3v) is 5.22. The molecule has 0 aliphatic carbocycles. The molecule has 6 nitrogen and oxygen atoms in total. The van der Waals surface area contributed by atoms with E-state index in [-0.39, 0.29) is 19.5 Å². The van der Waals surface area contributed by atoms with Gasteiger partial charge in [-0.15, -0.1) is 0 Å². The number of benzene rings is 2. The number of rotatable bonds is 0. The van der Waals surface area contributed by atoms with Crippen LogP contribution in [0.3, 0.4) is 0 Å². The maximum atomic E-state index is 13.1. The Morgan fingerprint density at radius 2 is 1.44 bits per heavy atom. The molecule has 1 amide bonds. The largest absolute Gasteiger partial charge is 0.454 e. The lowest BCUT2D eigenvalue weighted by Crippen LogP contribution is -3.13. The summed E-state index contributed by atoms with van der Waals surface area (Å²) in [6.45, 7) is 1.18. The summed E-state index contributed by atoms with van der Waals surface area (Å²) >= 11 is 0. The number of hydrogen-bond acceptors (Lipinski definition) is 5. The van der Waals surface area contributed by atoms with Crippen molar-refractivity contribution in [3.63, 3.8) is 0 Å². The number of ether oxygens (including phenoxy) is 4. The van der Waals surface area contributed by atoms with Crippen molar-refractivity contribution in [3.8, 4) is 23.0 Å². The zero-order chi connectivity index (χ0) is 16.5. The number of amides is 1. The van der Waals surface area contributed by atoms with Crippen LogP contribution in [-0.2, 0) is 6.42 Å². The molecular weight excluding hydrogens is 322 g/mol. The summed E-state index contributed by atoms with van der Waals surface area (Å²) in [7, 11) is 0. The zero-order valence-electron chi connectivity index (χ0n) is 13.3. The third kappa shape index (κ3) is 1.74. The molecule has 1 unspecified atom stereocenters. The SMILES string of the molecule is O=C1c2cc3c(cc2C=C2c4cc5c(cc4CC[NH+]12)OCO5)OCO3. The van der Waals surface area contributed by atoms with Gasteiger partial charge < -0.3 is 18.9 Å². The van der Waals surface area contributed by atoms with Gasteiger partial charge >= 0.3 is 5.91 Å². The average molecular weight is 336 g/mol. The summed E-state index contributed by atoms with van der Waals surface area (Å²) in [6.07, 6.45) is 2.90. The highest BCUT2D eigenvalue weighted by Gasteiger charge is 2.39. The first-order chi connectivity index (χ1) is 12.3. The Morgan fingerprint density at radius 1 is 0.800 bits per heavy atom. The van der Waals surface area contributed by atoms with Crippen molar-refractivity contribution in [1.82, 2.24) is 0 Å². The summed E-state index contributed by atoms with van der Waals surface area (Å²) in [5.74, 6) is 2.94. The van der Waals surface area contributed by atoms with E-state index in [0.717, 1.165) is 46.2 Å². The first kappa shape index (κ1) is 13.3. The number of carbonyl (C=O) groups excluding carboxylic acids is 1. The van der Waals surface area contributed by atoms with Gasteiger partial charge in [-0.05, 0) is 23.8 Å². The van der Waals surface area contributed by atoms with E-state index in [4.69, 9.17) is 18.9 Å². The molecule has 0 saturated heterocycles. The van der Waals surface area contributed by atoms with Crippen LogP contribution in [0.5, 0.6) is 23.0 Å². The Bertz CT molecular complexity index is 994. The molecule has 2 aromatic rings. The molecule has 6 rings (SSSR count). The van der Waals surface area contributed by atoms with E-state index >= 15 is 0 Å². The minimum atomic E-state index is 0.0779. The molecule has 4 aliphatic heterocycles. The Labute approximate surface area is 143 Å². The molecule has 6 heteroatoms. The van der Waals surface area contributed by atoms with Gasteiger partial charge in [-0.3, -0.25) is 0 Å². The molecule has 0 saturated carbocycles. The van der Waals surface area contributed by atoms with Crippen LogP contribution in [0.25, 0.3) is 11.8 Å². The van der Waals surface area contributed by atoms with E-state index < -0.39 is 0 Å². The van der Waals surface area contributed by atoms with E-state index in [1.165, 1.54) is 5.56 Å². The number of fused-ring (bicyclic) bond motifs is 6. The van der Waals surface area contributed by atoms with Crippen molar-refractivity contribution in [2.75, 3.05) is 20.1 Å². The second-order valence-corrected chi connectivity index (χ2v) is 6.52. The molecule has 0 bridgehead atoms. The topological polar surface area (TPSA) is 58.4 Å². The Kier molecular flexibility index (Phi) is 2.42. The molecule has 0 spiro atoms. The lowest BCUT2D eigenvalue weighted by molar-refractivity contribution is -0.735. The van der Waals surface area contributed by atoms with Crippen LogP contribution in [0.2, 0.25) is 0 Å². The highest BCUT2D eigenvalue weighted by molar-refractivity contribution is 6.02. The quantitative estimate of drug-likeness (QED) is 0.784. The predicted octanol–water partition coefficient (Wildman–Crippen LogP) is 1.24. The maximum absolute atomic E-state index is 13.1. The van der Waals surface area contributed by atoms with E-state index in [0.29, 0.717) is 17.1 Å². The minimum Gasteiger partial charge on any atom is -0.454 e. The first-order valence-corrected chi connectivity index (χ1v) is 8.27. The minimum absolute atomic E-state index is 0.0779. The van der Waals surface area contributed by atoms with Gasteiger partial charge in [0.1, 0.15) is 5.70 Å².